The minimum atomic E-state index is -1.59. The average Bonchev–Trinajstić information content (AvgIpc) is 2.93. The molecule has 4 aromatic carbocycles. The molecular formula is C30H26O12. The summed E-state index contributed by atoms with van der Waals surface area (Å²) in [5.41, 5.74) is 0.435. The summed E-state index contributed by atoms with van der Waals surface area (Å²) >= 11 is 0. The zero-order valence-electron chi connectivity index (χ0n) is 21.6. The third-order valence-corrected chi connectivity index (χ3v) is 7.67. The third kappa shape index (κ3) is 4.24. The van der Waals surface area contributed by atoms with Crippen LogP contribution >= 0.6 is 0 Å². The van der Waals surface area contributed by atoms with Gasteiger partial charge < -0.3 is 60.5 Å². The summed E-state index contributed by atoms with van der Waals surface area (Å²) in [6.07, 6.45) is -5.43. The standard InChI is InChI=1S/C30H26O12/c31-13-7-20(37)24-23(8-13)41-29(12-2-4-16(33)19(36)6-12)27(40)26(24)25-21(38)10-17(34)14-9-22(39)28(42-30(14)25)11-1-3-15(32)18(35)5-11/h1-8,10,22,26-29,31-40H,9H2/t22-,26-,27+,28-,29+/m1/s1. The Morgan fingerprint density at radius 3 is 1.76 bits per heavy atom. The first-order chi connectivity index (χ1) is 19.9. The smallest absolute Gasteiger partial charge is 0.157 e. The Morgan fingerprint density at radius 2 is 1.14 bits per heavy atom. The molecule has 12 nitrogen and oxygen atoms in total. The van der Waals surface area contributed by atoms with Crippen molar-refractivity contribution in [1.82, 2.24) is 0 Å². The Morgan fingerprint density at radius 1 is 0.548 bits per heavy atom. The van der Waals surface area contributed by atoms with Crippen molar-refractivity contribution in [2.45, 2.75) is 36.8 Å². The molecule has 0 bridgehead atoms. The van der Waals surface area contributed by atoms with E-state index in [9.17, 15) is 51.1 Å². The molecule has 0 saturated carbocycles. The molecule has 2 aliphatic heterocycles. The van der Waals surface area contributed by atoms with Gasteiger partial charge in [0.25, 0.3) is 0 Å². The van der Waals surface area contributed by atoms with Crippen LogP contribution in [0.15, 0.2) is 54.6 Å². The number of phenols is 8. The van der Waals surface area contributed by atoms with Gasteiger partial charge in [0.15, 0.2) is 29.1 Å². The van der Waals surface area contributed by atoms with Gasteiger partial charge in [-0.3, -0.25) is 0 Å². The molecule has 218 valence electrons. The fourth-order valence-electron chi connectivity index (χ4n) is 5.71. The van der Waals surface area contributed by atoms with Crippen LogP contribution in [-0.4, -0.2) is 63.3 Å². The molecule has 0 aromatic heterocycles. The zero-order valence-corrected chi connectivity index (χ0v) is 21.6. The van der Waals surface area contributed by atoms with E-state index in [1.165, 1.54) is 42.5 Å². The van der Waals surface area contributed by atoms with Gasteiger partial charge in [0.1, 0.15) is 46.7 Å². The minimum absolute atomic E-state index is 0.0312. The van der Waals surface area contributed by atoms with Gasteiger partial charge in [-0.25, -0.2) is 0 Å². The highest BCUT2D eigenvalue weighted by Crippen LogP contribution is 2.57. The van der Waals surface area contributed by atoms with Crippen LogP contribution in [0.25, 0.3) is 0 Å². The molecule has 0 saturated heterocycles. The van der Waals surface area contributed by atoms with E-state index in [-0.39, 0.29) is 51.5 Å². The molecule has 42 heavy (non-hydrogen) atoms. The highest BCUT2D eigenvalue weighted by Gasteiger charge is 2.46. The van der Waals surface area contributed by atoms with Crippen molar-refractivity contribution in [2.24, 2.45) is 0 Å². The summed E-state index contributed by atoms with van der Waals surface area (Å²) in [5.74, 6) is -5.08. The van der Waals surface area contributed by atoms with Gasteiger partial charge >= 0.3 is 0 Å². The number of phenolic OH excluding ortho intramolecular Hbond substituents is 8. The summed E-state index contributed by atoms with van der Waals surface area (Å²) in [6, 6.07) is 10.8. The summed E-state index contributed by atoms with van der Waals surface area (Å²) in [6.45, 7) is 0. The summed E-state index contributed by atoms with van der Waals surface area (Å²) < 4.78 is 12.1. The normalized spacial score (nSPS) is 22.9. The molecule has 0 amide bonds. The first-order valence-corrected chi connectivity index (χ1v) is 12.8. The monoisotopic (exact) mass is 578 g/mol. The maximum absolute atomic E-state index is 11.8. The van der Waals surface area contributed by atoms with Gasteiger partial charge in [0, 0.05) is 41.3 Å². The van der Waals surface area contributed by atoms with Gasteiger partial charge in [0.05, 0.1) is 12.0 Å². The Bertz CT molecular complexity index is 1720. The van der Waals surface area contributed by atoms with Gasteiger partial charge in [-0.2, -0.15) is 0 Å². The Balaban J connectivity index is 1.55. The molecule has 0 unspecified atom stereocenters. The van der Waals surface area contributed by atoms with Crippen molar-refractivity contribution >= 4 is 0 Å². The van der Waals surface area contributed by atoms with Crippen molar-refractivity contribution in [3.63, 3.8) is 0 Å². The van der Waals surface area contributed by atoms with Gasteiger partial charge in [-0.15, -0.1) is 0 Å². The summed E-state index contributed by atoms with van der Waals surface area (Å²) in [4.78, 5) is 0. The number of fused-ring (bicyclic) bond motifs is 2. The highest BCUT2D eigenvalue weighted by molar-refractivity contribution is 5.65. The van der Waals surface area contributed by atoms with Gasteiger partial charge in [0.2, 0.25) is 0 Å². The minimum Gasteiger partial charge on any atom is -0.508 e. The zero-order chi connectivity index (χ0) is 30.0. The molecule has 2 heterocycles. The van der Waals surface area contributed by atoms with Crippen molar-refractivity contribution in [2.75, 3.05) is 0 Å². The first kappa shape index (κ1) is 27.0. The van der Waals surface area contributed by atoms with Crippen molar-refractivity contribution in [1.29, 1.82) is 0 Å². The van der Waals surface area contributed by atoms with Crippen LogP contribution in [0.5, 0.6) is 57.5 Å². The molecule has 0 spiro atoms. The SMILES string of the molecule is Oc1cc(O)c2c(c1)O[C@@H](c1ccc(O)c(O)c1)[C@@H](O)[C@H]2c1c(O)cc(O)c2c1O[C@H](c1ccc(O)c(O)c1)[C@H](O)C2. The second-order valence-corrected chi connectivity index (χ2v) is 10.3. The second kappa shape index (κ2) is 9.72. The van der Waals surface area contributed by atoms with E-state index in [0.717, 1.165) is 12.1 Å². The maximum Gasteiger partial charge on any atom is 0.157 e. The molecule has 0 fully saturated rings. The van der Waals surface area contributed by atoms with Crippen molar-refractivity contribution in [3.05, 3.63) is 82.4 Å². The third-order valence-electron chi connectivity index (χ3n) is 7.67. The van der Waals surface area contributed by atoms with E-state index in [2.05, 4.69) is 0 Å². The lowest BCUT2D eigenvalue weighted by molar-refractivity contribution is 0.00115. The van der Waals surface area contributed by atoms with Crippen molar-refractivity contribution in [3.8, 4) is 57.5 Å². The van der Waals surface area contributed by atoms with Crippen LogP contribution in [0.4, 0.5) is 0 Å². The van der Waals surface area contributed by atoms with E-state index in [1.807, 2.05) is 0 Å². The molecular weight excluding hydrogens is 552 g/mol. The predicted molar refractivity (Wildman–Crippen MR) is 143 cm³/mol. The van der Waals surface area contributed by atoms with E-state index in [1.54, 1.807) is 0 Å². The fraction of sp³-hybridized carbons (Fsp3) is 0.200. The van der Waals surface area contributed by atoms with E-state index < -0.39 is 70.6 Å². The number of aromatic hydroxyl groups is 8. The molecule has 2 aliphatic rings. The number of aliphatic hydroxyl groups is 2. The quantitative estimate of drug-likeness (QED) is 0.159. The molecule has 5 atom stereocenters. The molecule has 4 aromatic rings. The van der Waals surface area contributed by atoms with Crippen LogP contribution in [0.3, 0.4) is 0 Å². The number of hydrogen-bond acceptors (Lipinski definition) is 12. The molecule has 12 heteroatoms. The van der Waals surface area contributed by atoms with Crippen molar-refractivity contribution < 1.29 is 60.5 Å². The Kier molecular flexibility index (Phi) is 6.24. The van der Waals surface area contributed by atoms with Crippen LogP contribution in [0.2, 0.25) is 0 Å². The lowest BCUT2D eigenvalue weighted by atomic mass is 9.77. The van der Waals surface area contributed by atoms with E-state index >= 15 is 0 Å². The predicted octanol–water partition coefficient (Wildman–Crippen LogP) is 3.00. The summed E-state index contributed by atoms with van der Waals surface area (Å²) in [5, 5.41) is 105. The molecule has 0 aliphatic carbocycles. The van der Waals surface area contributed by atoms with Crippen LogP contribution in [0, 0.1) is 0 Å². The average molecular weight is 579 g/mol. The Hall–Kier alpha value is -5.20. The number of aliphatic hydroxyl groups excluding tert-OH is 2. The van der Waals surface area contributed by atoms with Crippen LogP contribution in [0.1, 0.15) is 45.9 Å². The fourth-order valence-corrected chi connectivity index (χ4v) is 5.71. The lowest BCUT2D eigenvalue weighted by Gasteiger charge is -2.40. The molecule has 0 radical (unpaired) electrons. The number of ether oxygens (including phenoxy) is 2. The first-order valence-electron chi connectivity index (χ1n) is 12.8. The second-order valence-electron chi connectivity index (χ2n) is 10.3. The summed E-state index contributed by atoms with van der Waals surface area (Å²) in [7, 11) is 0. The maximum atomic E-state index is 11.8. The van der Waals surface area contributed by atoms with Gasteiger partial charge in [-0.1, -0.05) is 12.1 Å². The number of benzene rings is 4. The molecule has 6 rings (SSSR count). The van der Waals surface area contributed by atoms with Gasteiger partial charge in [-0.05, 0) is 35.4 Å². The van der Waals surface area contributed by atoms with Crippen LogP contribution in [-0.2, 0) is 6.42 Å². The largest absolute Gasteiger partial charge is 0.508 e. The van der Waals surface area contributed by atoms with E-state index in [0.29, 0.717) is 0 Å². The topological polar surface area (TPSA) is 221 Å². The van der Waals surface area contributed by atoms with E-state index in [4.69, 9.17) is 9.47 Å². The molecule has 10 N–H and O–H groups in total. The lowest BCUT2D eigenvalue weighted by Crippen LogP contribution is -2.36. The number of hydrogen-bond donors (Lipinski definition) is 10. The van der Waals surface area contributed by atoms with Crippen LogP contribution < -0.4 is 9.47 Å². The Labute approximate surface area is 237 Å². The highest BCUT2D eigenvalue weighted by atomic mass is 16.5. The number of rotatable bonds is 3.